The van der Waals surface area contributed by atoms with Gasteiger partial charge in [0, 0.05) is 25.0 Å². The van der Waals surface area contributed by atoms with Gasteiger partial charge in [-0.3, -0.25) is 9.48 Å². The molecule has 0 saturated heterocycles. The lowest BCUT2D eigenvalue weighted by Crippen LogP contribution is -2.20. The second-order valence-corrected chi connectivity index (χ2v) is 7.06. The third kappa shape index (κ3) is 4.94. The van der Waals surface area contributed by atoms with Gasteiger partial charge in [0.05, 0.1) is 6.54 Å². The maximum Gasteiger partial charge on any atom is 0.244 e. The van der Waals surface area contributed by atoms with Crippen LogP contribution in [0.3, 0.4) is 0 Å². The van der Waals surface area contributed by atoms with Gasteiger partial charge in [0.25, 0.3) is 0 Å². The van der Waals surface area contributed by atoms with Crippen molar-refractivity contribution in [1.29, 1.82) is 0 Å². The number of benzene rings is 2. The molecule has 0 radical (unpaired) electrons. The van der Waals surface area contributed by atoms with E-state index >= 15 is 0 Å². The van der Waals surface area contributed by atoms with Crippen molar-refractivity contribution in [1.82, 2.24) is 15.1 Å². The maximum atomic E-state index is 12.2. The molecule has 30 heavy (non-hydrogen) atoms. The summed E-state index contributed by atoms with van der Waals surface area (Å²) < 4.78 is 7.34. The topological polar surface area (TPSA) is 60.1 Å². The molecular formula is C25H23N3O2. The number of amides is 1. The van der Waals surface area contributed by atoms with E-state index in [4.69, 9.17) is 4.42 Å². The van der Waals surface area contributed by atoms with Crippen LogP contribution in [0.5, 0.6) is 0 Å². The SMILES string of the molecule is Cc1ccc(C=CC(=O)NCc2ccccc2-c2ccc(Cn3cccn3)cc2)o1. The number of nitrogens with one attached hydrogen (secondary N) is 1. The third-order valence-corrected chi connectivity index (χ3v) is 4.80. The van der Waals surface area contributed by atoms with Gasteiger partial charge in [0.2, 0.25) is 5.91 Å². The van der Waals surface area contributed by atoms with E-state index < -0.39 is 0 Å². The highest BCUT2D eigenvalue weighted by Crippen LogP contribution is 2.24. The van der Waals surface area contributed by atoms with Crippen LogP contribution in [0.1, 0.15) is 22.6 Å². The van der Waals surface area contributed by atoms with Gasteiger partial charge in [-0.25, -0.2) is 0 Å². The molecule has 0 aliphatic rings. The highest BCUT2D eigenvalue weighted by Gasteiger charge is 2.06. The molecule has 4 aromatic rings. The molecule has 5 nitrogen and oxygen atoms in total. The Morgan fingerprint density at radius 1 is 1.07 bits per heavy atom. The molecule has 0 aliphatic heterocycles. The summed E-state index contributed by atoms with van der Waals surface area (Å²) in [5.74, 6) is 1.33. The van der Waals surface area contributed by atoms with E-state index in [9.17, 15) is 4.79 Å². The molecule has 0 bridgehead atoms. The molecule has 150 valence electrons. The van der Waals surface area contributed by atoms with Crippen LogP contribution >= 0.6 is 0 Å². The Morgan fingerprint density at radius 2 is 1.90 bits per heavy atom. The average molecular weight is 397 g/mol. The lowest BCUT2D eigenvalue weighted by Gasteiger charge is -2.11. The second kappa shape index (κ2) is 9.09. The summed E-state index contributed by atoms with van der Waals surface area (Å²) >= 11 is 0. The van der Waals surface area contributed by atoms with E-state index in [1.165, 1.54) is 11.6 Å². The molecular weight excluding hydrogens is 374 g/mol. The third-order valence-electron chi connectivity index (χ3n) is 4.80. The van der Waals surface area contributed by atoms with Gasteiger partial charge in [0.15, 0.2) is 0 Å². The van der Waals surface area contributed by atoms with Crippen LogP contribution in [-0.2, 0) is 17.9 Å². The first-order valence-electron chi connectivity index (χ1n) is 9.84. The van der Waals surface area contributed by atoms with E-state index in [1.54, 1.807) is 12.3 Å². The molecule has 1 amide bonds. The number of carbonyl (C=O) groups is 1. The monoisotopic (exact) mass is 397 g/mol. The number of hydrogen-bond acceptors (Lipinski definition) is 3. The van der Waals surface area contributed by atoms with Crippen LogP contribution in [0.2, 0.25) is 0 Å². The normalized spacial score (nSPS) is 11.1. The van der Waals surface area contributed by atoms with Crippen molar-refractivity contribution in [3.05, 3.63) is 108 Å². The minimum atomic E-state index is -0.159. The first-order valence-corrected chi connectivity index (χ1v) is 9.84. The van der Waals surface area contributed by atoms with Gasteiger partial charge in [-0.2, -0.15) is 5.10 Å². The zero-order valence-corrected chi connectivity index (χ0v) is 16.8. The summed E-state index contributed by atoms with van der Waals surface area (Å²) in [6.07, 6.45) is 6.90. The second-order valence-electron chi connectivity index (χ2n) is 7.06. The first kappa shape index (κ1) is 19.5. The van der Waals surface area contributed by atoms with E-state index in [0.29, 0.717) is 12.3 Å². The van der Waals surface area contributed by atoms with E-state index in [2.05, 4.69) is 40.7 Å². The Balaban J connectivity index is 1.42. The van der Waals surface area contributed by atoms with Crippen LogP contribution in [0.25, 0.3) is 17.2 Å². The molecule has 0 fully saturated rings. The Kier molecular flexibility index (Phi) is 5.90. The van der Waals surface area contributed by atoms with Crippen molar-refractivity contribution in [3.8, 4) is 11.1 Å². The number of carbonyl (C=O) groups excluding carboxylic acids is 1. The largest absolute Gasteiger partial charge is 0.462 e. The van der Waals surface area contributed by atoms with Crippen LogP contribution in [0.4, 0.5) is 0 Å². The molecule has 0 spiro atoms. The summed E-state index contributed by atoms with van der Waals surface area (Å²) in [4.78, 5) is 12.2. The highest BCUT2D eigenvalue weighted by atomic mass is 16.3. The Morgan fingerprint density at radius 3 is 2.63 bits per heavy atom. The molecule has 1 N–H and O–H groups in total. The van der Waals surface area contributed by atoms with Gasteiger partial charge in [0.1, 0.15) is 11.5 Å². The quantitative estimate of drug-likeness (QED) is 0.455. The molecule has 2 aromatic heterocycles. The standard InChI is InChI=1S/C25H23N3O2/c1-19-7-12-23(30-19)13-14-25(29)26-17-22-5-2-3-6-24(22)21-10-8-20(9-11-21)18-28-16-4-15-27-28/h2-16H,17-18H2,1H3,(H,26,29). The van der Waals surface area contributed by atoms with Crippen molar-refractivity contribution >= 4 is 12.0 Å². The molecule has 0 aliphatic carbocycles. The van der Waals surface area contributed by atoms with Crippen molar-refractivity contribution in [3.63, 3.8) is 0 Å². The fourth-order valence-electron chi connectivity index (χ4n) is 3.27. The maximum absolute atomic E-state index is 12.2. The van der Waals surface area contributed by atoms with Crippen molar-refractivity contribution in [2.24, 2.45) is 0 Å². The van der Waals surface area contributed by atoms with Gasteiger partial charge >= 0.3 is 0 Å². The number of aryl methyl sites for hydroxylation is 1. The molecule has 2 heterocycles. The summed E-state index contributed by atoms with van der Waals surface area (Å²) in [6, 6.07) is 22.2. The molecule has 5 heteroatoms. The minimum absolute atomic E-state index is 0.159. The van der Waals surface area contributed by atoms with Crippen LogP contribution in [0, 0.1) is 6.92 Å². The summed E-state index contributed by atoms with van der Waals surface area (Å²) in [5.41, 5.74) is 4.47. The molecule has 0 unspecified atom stereocenters. The van der Waals surface area contributed by atoms with Crippen LogP contribution < -0.4 is 5.32 Å². The summed E-state index contributed by atoms with van der Waals surface area (Å²) in [5, 5.41) is 7.20. The van der Waals surface area contributed by atoms with Gasteiger partial charge in [-0.1, -0.05) is 48.5 Å². The zero-order chi connectivity index (χ0) is 20.8. The smallest absolute Gasteiger partial charge is 0.244 e. The predicted octanol–water partition coefficient (Wildman–Crippen LogP) is 4.83. The molecule has 0 atom stereocenters. The Bertz CT molecular complexity index is 1140. The minimum Gasteiger partial charge on any atom is -0.462 e. The van der Waals surface area contributed by atoms with Crippen LogP contribution in [-0.4, -0.2) is 15.7 Å². The Labute approximate surface area is 175 Å². The highest BCUT2D eigenvalue weighted by molar-refractivity contribution is 5.91. The lowest BCUT2D eigenvalue weighted by atomic mass is 9.98. The van der Waals surface area contributed by atoms with Gasteiger partial charge in [-0.05, 0) is 53.5 Å². The van der Waals surface area contributed by atoms with Gasteiger partial charge in [-0.15, -0.1) is 0 Å². The van der Waals surface area contributed by atoms with Crippen molar-refractivity contribution in [2.45, 2.75) is 20.0 Å². The van der Waals surface area contributed by atoms with E-state index in [0.717, 1.165) is 29.0 Å². The number of hydrogen-bond donors (Lipinski definition) is 1. The van der Waals surface area contributed by atoms with Crippen LogP contribution in [0.15, 0.2) is 89.6 Å². The molecule has 4 rings (SSSR count). The number of furan rings is 1. The number of aromatic nitrogens is 2. The number of nitrogens with zero attached hydrogens (tertiary/aromatic N) is 2. The van der Waals surface area contributed by atoms with E-state index in [1.807, 2.05) is 54.2 Å². The number of rotatable bonds is 7. The fraction of sp³-hybridized carbons (Fsp3) is 0.120. The Hall–Kier alpha value is -3.86. The van der Waals surface area contributed by atoms with Crippen molar-refractivity contribution in [2.75, 3.05) is 0 Å². The lowest BCUT2D eigenvalue weighted by molar-refractivity contribution is -0.116. The van der Waals surface area contributed by atoms with Crippen molar-refractivity contribution < 1.29 is 9.21 Å². The molecule has 2 aromatic carbocycles. The predicted molar refractivity (Wildman–Crippen MR) is 118 cm³/mol. The zero-order valence-electron chi connectivity index (χ0n) is 16.8. The fourth-order valence-corrected chi connectivity index (χ4v) is 3.27. The summed E-state index contributed by atoms with van der Waals surface area (Å²) in [7, 11) is 0. The van der Waals surface area contributed by atoms with E-state index in [-0.39, 0.29) is 5.91 Å². The molecule has 0 saturated carbocycles. The van der Waals surface area contributed by atoms with Gasteiger partial charge < -0.3 is 9.73 Å². The summed E-state index contributed by atoms with van der Waals surface area (Å²) in [6.45, 7) is 3.07. The average Bonchev–Trinajstić information content (AvgIpc) is 3.43. The first-order chi connectivity index (χ1) is 14.7.